The van der Waals surface area contributed by atoms with Crippen molar-refractivity contribution in [2.75, 3.05) is 6.61 Å². The molecule has 1 unspecified atom stereocenters. The Balaban J connectivity index is 0.836. The van der Waals surface area contributed by atoms with Gasteiger partial charge in [-0.05, 0) is 85.3 Å². The Morgan fingerprint density at radius 3 is 2.75 bits per heavy atom. The van der Waals surface area contributed by atoms with Crippen LogP contribution >= 0.6 is 11.3 Å². The third-order valence-corrected chi connectivity index (χ3v) is 11.3. The third-order valence-electron chi connectivity index (χ3n) is 10.2. The van der Waals surface area contributed by atoms with Gasteiger partial charge in [-0.2, -0.15) is 5.10 Å². The number of nitrogens with one attached hydrogen (secondary N) is 1. The molecule has 0 spiro atoms. The summed E-state index contributed by atoms with van der Waals surface area (Å²) in [6.45, 7) is 3.81. The molecule has 6 heterocycles. The van der Waals surface area contributed by atoms with E-state index in [-0.39, 0.29) is 30.6 Å². The molecule has 14 heteroatoms. The molecule has 55 heavy (non-hydrogen) atoms. The number of aromatic nitrogens is 5. The number of piperidine rings is 1. The molecule has 13 nitrogen and oxygen atoms in total. The monoisotopic (exact) mass is 757 g/mol. The number of carbonyl (C=O) groups is 4. The van der Waals surface area contributed by atoms with Crippen molar-refractivity contribution in [3.8, 4) is 16.8 Å². The average Bonchev–Trinajstić information content (AvgIpc) is 3.93. The number of fused-ring (bicyclic) bond motifs is 4. The molecule has 280 valence electrons. The topological polar surface area (TPSA) is 151 Å². The Bertz CT molecular complexity index is 2350. The second kappa shape index (κ2) is 15.8. The predicted octanol–water partition coefficient (Wildman–Crippen LogP) is 4.57. The molecule has 0 bridgehead atoms. The summed E-state index contributed by atoms with van der Waals surface area (Å²) in [5.74, 6) is 6.99. The van der Waals surface area contributed by atoms with Gasteiger partial charge in [0.2, 0.25) is 11.8 Å². The normalized spacial score (nSPS) is 16.1. The molecule has 1 saturated heterocycles. The quantitative estimate of drug-likeness (QED) is 0.0885. The molecule has 0 aliphatic carbocycles. The number of hydrogen-bond acceptors (Lipinski definition) is 10. The van der Waals surface area contributed by atoms with Gasteiger partial charge in [0, 0.05) is 30.3 Å². The molecule has 5 aromatic rings. The lowest BCUT2D eigenvalue weighted by atomic mass is 9.99. The number of esters is 1. The van der Waals surface area contributed by atoms with Crippen molar-refractivity contribution in [1.29, 1.82) is 0 Å². The van der Waals surface area contributed by atoms with Gasteiger partial charge in [0.25, 0.3) is 5.91 Å². The summed E-state index contributed by atoms with van der Waals surface area (Å²) in [5.41, 5.74) is 6.58. The summed E-state index contributed by atoms with van der Waals surface area (Å²) >= 11 is 1.61. The van der Waals surface area contributed by atoms with E-state index in [1.807, 2.05) is 49.5 Å². The van der Waals surface area contributed by atoms with E-state index in [1.54, 1.807) is 27.0 Å². The number of aryl methyl sites for hydroxylation is 3. The largest absolute Gasteiger partial charge is 0.466 e. The SMILES string of the molecule is Cc1nnc2n1-c1sc(C#Cc3ccn(CCC(=O)OCCCCc4cccc5c4CN(C4CCC(=O)NC4=O)C5=O)n3)c(Cc3ccccc3)c1COC2. The van der Waals surface area contributed by atoms with Crippen LogP contribution in [0.15, 0.2) is 60.8 Å². The van der Waals surface area contributed by atoms with Crippen LogP contribution in [0.25, 0.3) is 5.00 Å². The Morgan fingerprint density at radius 2 is 1.89 bits per heavy atom. The standard InChI is InChI=1S/C41H39N7O6S/c1-26-43-44-36-25-53-24-33-31(22-27-8-3-2-4-9-27)35(55-41(33)48(26)36)15-13-29-17-19-46(45-29)20-18-38(50)54-21-6-5-10-28-11-7-12-30-32(28)23-47(40(30)52)34-14-16-37(49)42-39(34)51/h2-4,7-9,11-12,17,19,34H,5-6,10,14,16,18,20-25H2,1H3,(H,42,49,51). The number of imide groups is 1. The number of nitrogens with zero attached hydrogens (tertiary/aromatic N) is 6. The summed E-state index contributed by atoms with van der Waals surface area (Å²) in [5, 5.41) is 16.6. The van der Waals surface area contributed by atoms with Gasteiger partial charge in [0.05, 0.1) is 31.1 Å². The molecule has 3 aromatic heterocycles. The lowest BCUT2D eigenvalue weighted by molar-refractivity contribution is -0.144. The second-order valence-electron chi connectivity index (χ2n) is 13.8. The molecule has 2 aromatic carbocycles. The van der Waals surface area contributed by atoms with Gasteiger partial charge in [-0.25, -0.2) is 0 Å². The summed E-state index contributed by atoms with van der Waals surface area (Å²) in [6.07, 6.45) is 5.42. The molecular formula is C41H39N7O6S. The van der Waals surface area contributed by atoms with Gasteiger partial charge >= 0.3 is 5.97 Å². The van der Waals surface area contributed by atoms with Crippen LogP contribution < -0.4 is 5.32 Å². The highest BCUT2D eigenvalue weighted by molar-refractivity contribution is 7.15. The van der Waals surface area contributed by atoms with Crippen molar-refractivity contribution >= 4 is 35.0 Å². The van der Waals surface area contributed by atoms with E-state index in [2.05, 4.69) is 49.2 Å². The summed E-state index contributed by atoms with van der Waals surface area (Å²) in [6, 6.07) is 17.2. The van der Waals surface area contributed by atoms with Gasteiger partial charge in [-0.15, -0.1) is 21.5 Å². The van der Waals surface area contributed by atoms with E-state index in [0.717, 1.165) is 50.2 Å². The van der Waals surface area contributed by atoms with E-state index >= 15 is 0 Å². The Labute approximate surface area is 321 Å². The van der Waals surface area contributed by atoms with Crippen LogP contribution in [0.5, 0.6) is 0 Å². The fourth-order valence-corrected chi connectivity index (χ4v) is 8.60. The fraction of sp³-hybridized carbons (Fsp3) is 0.341. The van der Waals surface area contributed by atoms with E-state index < -0.39 is 11.9 Å². The number of benzene rings is 2. The zero-order valence-electron chi connectivity index (χ0n) is 30.4. The zero-order valence-corrected chi connectivity index (χ0v) is 31.2. The van der Waals surface area contributed by atoms with Crippen LogP contribution in [0.3, 0.4) is 0 Å². The Hall–Kier alpha value is -5.91. The number of rotatable bonds is 11. The van der Waals surface area contributed by atoms with Crippen LogP contribution in [-0.2, 0) is 63.0 Å². The lowest BCUT2D eigenvalue weighted by Gasteiger charge is -2.29. The molecule has 0 saturated carbocycles. The predicted molar refractivity (Wildman–Crippen MR) is 201 cm³/mol. The van der Waals surface area contributed by atoms with Crippen molar-refractivity contribution < 1.29 is 28.7 Å². The molecule has 3 amide bonds. The minimum absolute atomic E-state index is 0.179. The maximum Gasteiger partial charge on any atom is 0.307 e. The highest BCUT2D eigenvalue weighted by Crippen LogP contribution is 2.37. The number of amides is 3. The highest BCUT2D eigenvalue weighted by atomic mass is 32.1. The first kappa shape index (κ1) is 36.1. The molecule has 8 rings (SSSR count). The fourth-order valence-electron chi connectivity index (χ4n) is 7.35. The summed E-state index contributed by atoms with van der Waals surface area (Å²) < 4.78 is 15.3. The number of carbonyl (C=O) groups excluding carboxylic acids is 4. The smallest absolute Gasteiger partial charge is 0.307 e. The lowest BCUT2D eigenvalue weighted by Crippen LogP contribution is -2.52. The zero-order chi connectivity index (χ0) is 37.9. The van der Waals surface area contributed by atoms with Crippen LogP contribution in [0.1, 0.15) is 92.5 Å². The molecule has 0 radical (unpaired) electrons. The molecule has 3 aliphatic heterocycles. The first-order valence-electron chi connectivity index (χ1n) is 18.5. The van der Waals surface area contributed by atoms with Crippen molar-refractivity contribution in [2.24, 2.45) is 0 Å². The molecule has 1 N–H and O–H groups in total. The van der Waals surface area contributed by atoms with E-state index in [1.165, 1.54) is 5.56 Å². The maximum absolute atomic E-state index is 13.1. The number of ether oxygens (including phenoxy) is 2. The number of thiophene rings is 1. The van der Waals surface area contributed by atoms with Crippen LogP contribution in [-0.4, -0.2) is 65.8 Å². The Kier molecular flexibility index (Phi) is 10.4. The Morgan fingerprint density at radius 1 is 1.02 bits per heavy atom. The van der Waals surface area contributed by atoms with E-state index in [9.17, 15) is 19.2 Å². The molecule has 3 aliphatic rings. The van der Waals surface area contributed by atoms with Gasteiger partial charge < -0.3 is 14.4 Å². The van der Waals surface area contributed by atoms with Gasteiger partial charge in [0.1, 0.15) is 29.2 Å². The van der Waals surface area contributed by atoms with Crippen LogP contribution in [0, 0.1) is 18.8 Å². The van der Waals surface area contributed by atoms with Crippen molar-refractivity contribution in [3.05, 3.63) is 116 Å². The molecule has 1 fully saturated rings. The number of unbranched alkanes of at least 4 members (excludes halogenated alkanes) is 1. The average molecular weight is 758 g/mol. The van der Waals surface area contributed by atoms with Crippen molar-refractivity contribution in [1.82, 2.24) is 34.8 Å². The third kappa shape index (κ3) is 7.71. The van der Waals surface area contributed by atoms with Gasteiger partial charge in [0.15, 0.2) is 5.82 Å². The van der Waals surface area contributed by atoms with Gasteiger partial charge in [-0.3, -0.25) is 33.7 Å². The number of hydrogen-bond donors (Lipinski definition) is 1. The van der Waals surface area contributed by atoms with Crippen molar-refractivity contribution in [3.63, 3.8) is 0 Å². The van der Waals surface area contributed by atoms with E-state index in [0.29, 0.717) is 69.9 Å². The van der Waals surface area contributed by atoms with E-state index in [4.69, 9.17) is 9.47 Å². The van der Waals surface area contributed by atoms with Crippen LogP contribution in [0.2, 0.25) is 0 Å². The van der Waals surface area contributed by atoms with Gasteiger partial charge in [-0.1, -0.05) is 42.5 Å². The molecular weight excluding hydrogens is 719 g/mol. The summed E-state index contributed by atoms with van der Waals surface area (Å²) in [4.78, 5) is 52.2. The first-order valence-corrected chi connectivity index (χ1v) is 19.3. The summed E-state index contributed by atoms with van der Waals surface area (Å²) in [7, 11) is 0. The van der Waals surface area contributed by atoms with Crippen LogP contribution in [0.4, 0.5) is 0 Å². The second-order valence-corrected chi connectivity index (χ2v) is 14.8. The first-order chi connectivity index (χ1) is 26.8. The van der Waals surface area contributed by atoms with Crippen molar-refractivity contribution in [2.45, 2.75) is 84.2 Å². The highest BCUT2D eigenvalue weighted by Gasteiger charge is 2.39. The minimum atomic E-state index is -0.642. The minimum Gasteiger partial charge on any atom is -0.466 e. The molecule has 1 atom stereocenters. The maximum atomic E-state index is 13.1.